The van der Waals surface area contributed by atoms with E-state index >= 15 is 8.78 Å². The van der Waals surface area contributed by atoms with Crippen molar-refractivity contribution in [2.75, 3.05) is 0 Å². The summed E-state index contributed by atoms with van der Waals surface area (Å²) in [5.74, 6) is -6.21. The number of alkyl halides is 2. The lowest BCUT2D eigenvalue weighted by molar-refractivity contribution is -0.209. The van der Waals surface area contributed by atoms with E-state index in [1.54, 1.807) is 6.07 Å². The first-order valence-electron chi connectivity index (χ1n) is 9.74. The molecule has 0 aliphatic heterocycles. The van der Waals surface area contributed by atoms with Crippen molar-refractivity contribution in [1.82, 2.24) is 25.2 Å². The van der Waals surface area contributed by atoms with Crippen molar-refractivity contribution in [3.8, 4) is 17.6 Å². The smallest absolute Gasteiger partial charge is 0.323 e. The molecule has 35 heavy (non-hydrogen) atoms. The van der Waals surface area contributed by atoms with Crippen LogP contribution in [0.2, 0.25) is 5.02 Å². The number of nitriles is 1. The van der Waals surface area contributed by atoms with Gasteiger partial charge in [0.25, 0.3) is 0 Å². The van der Waals surface area contributed by atoms with Crippen LogP contribution in [-0.2, 0) is 18.1 Å². The minimum absolute atomic E-state index is 0.000179. The molecule has 0 saturated carbocycles. The van der Waals surface area contributed by atoms with Crippen LogP contribution in [0.4, 0.5) is 17.6 Å². The molecule has 4 rings (SSSR count). The molecule has 2 aromatic carbocycles. The largest absolute Gasteiger partial charge is 0.456 e. The minimum Gasteiger partial charge on any atom is -0.456 e. The minimum atomic E-state index is -4.17. The lowest BCUT2D eigenvalue weighted by Crippen LogP contribution is -2.48. The summed E-state index contributed by atoms with van der Waals surface area (Å²) in [5.41, 5.74) is -5.08. The van der Waals surface area contributed by atoms with Gasteiger partial charge in [0.1, 0.15) is 41.4 Å². The van der Waals surface area contributed by atoms with E-state index in [1.807, 2.05) is 0 Å². The first-order valence-corrected chi connectivity index (χ1v) is 10.1. The van der Waals surface area contributed by atoms with Gasteiger partial charge in [0.15, 0.2) is 11.9 Å². The second-order valence-corrected chi connectivity index (χ2v) is 7.70. The third-order valence-electron chi connectivity index (χ3n) is 5.01. The van der Waals surface area contributed by atoms with E-state index in [0.717, 1.165) is 48.9 Å². The van der Waals surface area contributed by atoms with E-state index in [2.05, 4.69) is 20.4 Å². The maximum Gasteiger partial charge on any atom is 0.323 e. The molecule has 0 spiro atoms. The summed E-state index contributed by atoms with van der Waals surface area (Å²) >= 11 is 5.74. The van der Waals surface area contributed by atoms with E-state index < -0.39 is 41.0 Å². The first-order chi connectivity index (χ1) is 16.6. The lowest BCUT2D eigenvalue weighted by atomic mass is 9.84. The molecular formula is C22H13ClF4N6O2. The molecule has 8 nitrogen and oxygen atoms in total. The molecule has 1 atom stereocenters. The fraction of sp³-hybridized carbons (Fsp3) is 0.136. The van der Waals surface area contributed by atoms with Crippen molar-refractivity contribution < 1.29 is 27.4 Å². The standard InChI is InChI=1S/C22H13ClF4N6O2/c23-14-2-5-17(19(25)7-14)21(34,11-33-31-12-30-32-33)22(26,27)20-6-4-16(10-29-20)35-15-3-1-13(9-28)18(24)8-15/h1-8,10,12,34H,11H2. The summed E-state index contributed by atoms with van der Waals surface area (Å²) in [5, 5.41) is 30.4. The highest BCUT2D eigenvalue weighted by atomic mass is 35.5. The van der Waals surface area contributed by atoms with E-state index in [4.69, 9.17) is 21.6 Å². The van der Waals surface area contributed by atoms with Crippen LogP contribution >= 0.6 is 11.6 Å². The third kappa shape index (κ3) is 4.64. The van der Waals surface area contributed by atoms with Gasteiger partial charge in [-0.25, -0.2) is 8.78 Å². The Kier molecular flexibility index (Phi) is 6.38. The average molecular weight is 505 g/mol. The fourth-order valence-corrected chi connectivity index (χ4v) is 3.43. The summed E-state index contributed by atoms with van der Waals surface area (Å²) < 4.78 is 65.3. The number of aliphatic hydroxyl groups is 1. The first kappa shape index (κ1) is 24.1. The van der Waals surface area contributed by atoms with Gasteiger partial charge in [-0.1, -0.05) is 17.7 Å². The zero-order valence-electron chi connectivity index (χ0n) is 17.4. The van der Waals surface area contributed by atoms with Crippen LogP contribution in [-0.4, -0.2) is 30.3 Å². The predicted molar refractivity (Wildman–Crippen MR) is 112 cm³/mol. The lowest BCUT2D eigenvalue weighted by Gasteiger charge is -2.35. The highest BCUT2D eigenvalue weighted by molar-refractivity contribution is 6.30. The summed E-state index contributed by atoms with van der Waals surface area (Å²) in [6.45, 7) is -0.969. The van der Waals surface area contributed by atoms with Crippen LogP contribution < -0.4 is 4.74 Å². The number of aromatic nitrogens is 5. The number of hydrogen-bond acceptors (Lipinski definition) is 7. The Labute approximate surface area is 200 Å². The van der Waals surface area contributed by atoms with Crippen molar-refractivity contribution in [1.29, 1.82) is 5.26 Å². The van der Waals surface area contributed by atoms with Gasteiger partial charge >= 0.3 is 5.92 Å². The number of benzene rings is 2. The molecular weight excluding hydrogens is 492 g/mol. The molecule has 4 aromatic rings. The maximum absolute atomic E-state index is 15.7. The Morgan fingerprint density at radius 2 is 1.83 bits per heavy atom. The highest BCUT2D eigenvalue weighted by Crippen LogP contribution is 2.47. The molecule has 2 aromatic heterocycles. The molecule has 2 heterocycles. The fourth-order valence-electron chi connectivity index (χ4n) is 3.27. The second kappa shape index (κ2) is 9.28. The summed E-state index contributed by atoms with van der Waals surface area (Å²) in [6.07, 6.45) is 1.89. The Bertz CT molecular complexity index is 1400. The number of halogens is 5. The van der Waals surface area contributed by atoms with Crippen LogP contribution in [0.1, 0.15) is 16.8 Å². The SMILES string of the molecule is N#Cc1ccc(Oc2ccc(C(F)(F)C(O)(Cn3ncnn3)c3ccc(Cl)cc3F)nc2)cc1F. The van der Waals surface area contributed by atoms with Crippen LogP contribution in [0.25, 0.3) is 0 Å². The van der Waals surface area contributed by atoms with Crippen molar-refractivity contribution >= 4 is 11.6 Å². The third-order valence-corrected chi connectivity index (χ3v) is 5.25. The Morgan fingerprint density at radius 3 is 2.43 bits per heavy atom. The van der Waals surface area contributed by atoms with E-state index in [0.29, 0.717) is 4.80 Å². The second-order valence-electron chi connectivity index (χ2n) is 7.26. The van der Waals surface area contributed by atoms with Crippen LogP contribution in [0.15, 0.2) is 61.1 Å². The molecule has 13 heteroatoms. The van der Waals surface area contributed by atoms with E-state index in [-0.39, 0.29) is 22.1 Å². The van der Waals surface area contributed by atoms with Gasteiger partial charge in [0.2, 0.25) is 0 Å². The van der Waals surface area contributed by atoms with Crippen molar-refractivity contribution in [3.63, 3.8) is 0 Å². The Balaban J connectivity index is 1.69. The highest BCUT2D eigenvalue weighted by Gasteiger charge is 2.58. The molecule has 0 aliphatic rings. The molecule has 1 unspecified atom stereocenters. The Hall–Kier alpha value is -4.08. The van der Waals surface area contributed by atoms with Crippen LogP contribution in [0.5, 0.6) is 11.5 Å². The summed E-state index contributed by atoms with van der Waals surface area (Å²) in [4.78, 5) is 4.35. The van der Waals surface area contributed by atoms with Gasteiger partial charge < -0.3 is 9.84 Å². The van der Waals surface area contributed by atoms with Crippen molar-refractivity contribution in [3.05, 3.63) is 94.5 Å². The Morgan fingerprint density at radius 1 is 1.06 bits per heavy atom. The van der Waals surface area contributed by atoms with Gasteiger partial charge in [-0.15, -0.1) is 10.2 Å². The number of tetrazole rings is 1. The van der Waals surface area contributed by atoms with Crippen molar-refractivity contribution in [2.24, 2.45) is 0 Å². The summed E-state index contributed by atoms with van der Waals surface area (Å²) in [6, 6.07) is 9.96. The molecule has 0 saturated heterocycles. The molecule has 0 fully saturated rings. The molecule has 0 amide bonds. The zero-order valence-corrected chi connectivity index (χ0v) is 18.2. The average Bonchev–Trinajstić information content (AvgIpc) is 3.32. The molecule has 0 aliphatic carbocycles. The summed E-state index contributed by atoms with van der Waals surface area (Å²) in [7, 11) is 0. The van der Waals surface area contributed by atoms with Crippen LogP contribution in [0.3, 0.4) is 0 Å². The maximum atomic E-state index is 15.7. The zero-order chi connectivity index (χ0) is 25.2. The molecule has 178 valence electrons. The van der Waals surface area contributed by atoms with Gasteiger partial charge in [-0.2, -0.15) is 18.8 Å². The predicted octanol–water partition coefficient (Wildman–Crippen LogP) is 4.34. The molecule has 1 N–H and O–H groups in total. The van der Waals surface area contributed by atoms with E-state index in [1.165, 1.54) is 12.1 Å². The van der Waals surface area contributed by atoms with Crippen LogP contribution in [0, 0.1) is 23.0 Å². The monoisotopic (exact) mass is 504 g/mol. The van der Waals surface area contributed by atoms with Gasteiger partial charge in [0, 0.05) is 16.7 Å². The van der Waals surface area contributed by atoms with Gasteiger partial charge in [-0.05, 0) is 41.6 Å². The van der Waals surface area contributed by atoms with E-state index in [9.17, 15) is 13.9 Å². The molecule has 0 bridgehead atoms. The number of nitrogens with zero attached hydrogens (tertiary/aromatic N) is 6. The van der Waals surface area contributed by atoms with Gasteiger partial charge in [0.05, 0.1) is 11.8 Å². The van der Waals surface area contributed by atoms with Crippen molar-refractivity contribution in [2.45, 2.75) is 18.1 Å². The molecule has 0 radical (unpaired) electrons. The normalized spacial score (nSPS) is 13.2. The number of pyridine rings is 1. The quantitative estimate of drug-likeness (QED) is 0.373. The number of rotatable bonds is 7. The topological polar surface area (TPSA) is 110 Å². The number of ether oxygens (including phenoxy) is 1. The van der Waals surface area contributed by atoms with Gasteiger partial charge in [-0.3, -0.25) is 4.98 Å². The number of hydrogen-bond donors (Lipinski definition) is 1.